The number of carbonyl (C=O) groups excluding carboxylic acids is 2. The predicted octanol–water partition coefficient (Wildman–Crippen LogP) is 5.66. The maximum Gasteiger partial charge on any atom is 0.259 e. The Hall–Kier alpha value is -2.66. The number of amides is 1. The van der Waals surface area contributed by atoms with Crippen LogP contribution < -0.4 is 9.64 Å². The topological polar surface area (TPSA) is 46.6 Å². The summed E-state index contributed by atoms with van der Waals surface area (Å²) in [5, 5.41) is 0. The standard InChI is InChI=1S/C24H22BrNO3/c1-5-29-17-10-18-14(2)13-24(3,4)26-22(18)19(11-17)20(23(26)28)12-21(27)15-6-8-16(25)9-7-15/h6-13H,5H2,1-4H3/b20-12+. The Labute approximate surface area is 179 Å². The quantitative estimate of drug-likeness (QED) is 0.445. The molecule has 2 aliphatic rings. The molecule has 0 saturated carbocycles. The molecule has 4 nitrogen and oxygen atoms in total. The largest absolute Gasteiger partial charge is 0.494 e. The van der Waals surface area contributed by atoms with Crippen molar-refractivity contribution in [2.24, 2.45) is 0 Å². The van der Waals surface area contributed by atoms with E-state index in [1.807, 2.05) is 52.0 Å². The molecule has 0 saturated heterocycles. The van der Waals surface area contributed by atoms with Gasteiger partial charge in [0.05, 0.1) is 23.4 Å². The van der Waals surface area contributed by atoms with Gasteiger partial charge in [0.1, 0.15) is 5.75 Å². The van der Waals surface area contributed by atoms with E-state index in [1.54, 1.807) is 17.0 Å². The molecule has 0 N–H and O–H groups in total. The van der Waals surface area contributed by atoms with Gasteiger partial charge < -0.3 is 4.74 Å². The van der Waals surface area contributed by atoms with E-state index in [1.165, 1.54) is 6.08 Å². The molecule has 0 bridgehead atoms. The fourth-order valence-electron chi connectivity index (χ4n) is 4.13. The second-order valence-electron chi connectivity index (χ2n) is 7.85. The van der Waals surface area contributed by atoms with Gasteiger partial charge in [0, 0.05) is 21.2 Å². The first-order valence-corrected chi connectivity index (χ1v) is 10.4. The third kappa shape index (κ3) is 3.23. The van der Waals surface area contributed by atoms with Gasteiger partial charge in [-0.2, -0.15) is 0 Å². The van der Waals surface area contributed by atoms with Crippen molar-refractivity contribution in [1.29, 1.82) is 0 Å². The number of hydrogen-bond acceptors (Lipinski definition) is 3. The van der Waals surface area contributed by atoms with Crippen molar-refractivity contribution in [1.82, 2.24) is 0 Å². The molecule has 0 atom stereocenters. The Morgan fingerprint density at radius 3 is 2.48 bits per heavy atom. The average molecular weight is 452 g/mol. The van der Waals surface area contributed by atoms with Crippen LogP contribution in [0.4, 0.5) is 5.69 Å². The van der Waals surface area contributed by atoms with Crippen LogP contribution in [0.5, 0.6) is 5.75 Å². The van der Waals surface area contributed by atoms with Crippen LogP contribution in [-0.2, 0) is 4.79 Å². The summed E-state index contributed by atoms with van der Waals surface area (Å²) in [5.41, 5.74) is 4.15. The number of ether oxygens (including phenoxy) is 1. The Bertz CT molecular complexity index is 1090. The lowest BCUT2D eigenvalue weighted by atomic mass is 9.89. The van der Waals surface area contributed by atoms with Crippen LogP contribution in [0.2, 0.25) is 0 Å². The summed E-state index contributed by atoms with van der Waals surface area (Å²) < 4.78 is 6.64. The lowest BCUT2D eigenvalue weighted by molar-refractivity contribution is -0.113. The fraction of sp³-hybridized carbons (Fsp3) is 0.250. The normalized spacial score (nSPS) is 18.0. The van der Waals surface area contributed by atoms with Crippen molar-refractivity contribution in [2.45, 2.75) is 33.2 Å². The van der Waals surface area contributed by atoms with Crippen LogP contribution in [-0.4, -0.2) is 23.8 Å². The SMILES string of the molecule is CCOc1cc2c3c(c1)/C(=C\C(=O)c1ccc(Br)cc1)C(=O)N3C(C)(C)C=C2C. The zero-order valence-electron chi connectivity index (χ0n) is 16.9. The molecule has 1 amide bonds. The molecule has 2 aliphatic heterocycles. The molecular weight excluding hydrogens is 430 g/mol. The Morgan fingerprint density at radius 1 is 1.17 bits per heavy atom. The lowest BCUT2D eigenvalue weighted by Crippen LogP contribution is -2.46. The minimum absolute atomic E-state index is 0.158. The van der Waals surface area contributed by atoms with E-state index in [0.717, 1.165) is 26.9 Å². The number of nitrogens with zero attached hydrogens (tertiary/aromatic N) is 1. The summed E-state index contributed by atoms with van der Waals surface area (Å²) in [6.45, 7) is 8.52. The van der Waals surface area contributed by atoms with E-state index in [-0.39, 0.29) is 11.7 Å². The summed E-state index contributed by atoms with van der Waals surface area (Å²) >= 11 is 3.38. The average Bonchev–Trinajstić information content (AvgIpc) is 2.93. The molecule has 0 aromatic heterocycles. The molecule has 5 heteroatoms. The molecular formula is C24H22BrNO3. The van der Waals surface area contributed by atoms with E-state index < -0.39 is 5.54 Å². The molecule has 2 aromatic rings. The van der Waals surface area contributed by atoms with Crippen molar-refractivity contribution in [3.05, 3.63) is 69.7 Å². The van der Waals surface area contributed by atoms with Gasteiger partial charge >= 0.3 is 0 Å². The molecule has 0 spiro atoms. The van der Waals surface area contributed by atoms with Crippen LogP contribution in [0.3, 0.4) is 0 Å². The highest BCUT2D eigenvalue weighted by molar-refractivity contribution is 9.10. The number of allylic oxidation sites excluding steroid dienone is 2. The summed E-state index contributed by atoms with van der Waals surface area (Å²) in [4.78, 5) is 28.1. The van der Waals surface area contributed by atoms with Crippen LogP contribution in [0.25, 0.3) is 11.1 Å². The minimum atomic E-state index is -0.480. The highest BCUT2D eigenvalue weighted by Crippen LogP contribution is 2.50. The van der Waals surface area contributed by atoms with E-state index in [2.05, 4.69) is 22.0 Å². The predicted molar refractivity (Wildman–Crippen MR) is 119 cm³/mol. The van der Waals surface area contributed by atoms with Crippen LogP contribution in [0.15, 0.2) is 53.0 Å². The number of hydrogen-bond donors (Lipinski definition) is 0. The highest BCUT2D eigenvalue weighted by atomic mass is 79.9. The van der Waals surface area contributed by atoms with Crippen LogP contribution >= 0.6 is 15.9 Å². The molecule has 2 heterocycles. The second kappa shape index (κ2) is 6.99. The van der Waals surface area contributed by atoms with Crippen molar-refractivity contribution in [3.8, 4) is 5.75 Å². The Kier molecular flexibility index (Phi) is 4.74. The van der Waals surface area contributed by atoms with Gasteiger partial charge in [-0.1, -0.05) is 22.0 Å². The smallest absolute Gasteiger partial charge is 0.259 e. The van der Waals surface area contributed by atoms with E-state index in [0.29, 0.717) is 23.5 Å². The van der Waals surface area contributed by atoms with E-state index in [4.69, 9.17) is 4.74 Å². The molecule has 0 radical (unpaired) electrons. The van der Waals surface area contributed by atoms with Crippen molar-refractivity contribution in [3.63, 3.8) is 0 Å². The van der Waals surface area contributed by atoms with Crippen molar-refractivity contribution in [2.75, 3.05) is 11.5 Å². The first-order valence-electron chi connectivity index (χ1n) is 9.60. The third-order valence-corrected chi connectivity index (χ3v) is 5.85. The molecule has 0 aliphatic carbocycles. The van der Waals surface area contributed by atoms with E-state index >= 15 is 0 Å². The number of rotatable bonds is 4. The van der Waals surface area contributed by atoms with E-state index in [9.17, 15) is 9.59 Å². The van der Waals surface area contributed by atoms with Crippen LogP contribution in [0.1, 0.15) is 49.2 Å². The van der Waals surface area contributed by atoms with Crippen LogP contribution in [0, 0.1) is 0 Å². The Morgan fingerprint density at radius 2 is 1.83 bits per heavy atom. The monoisotopic (exact) mass is 451 g/mol. The molecule has 0 fully saturated rings. The van der Waals surface area contributed by atoms with Gasteiger partial charge in [-0.15, -0.1) is 0 Å². The Balaban J connectivity index is 1.90. The summed E-state index contributed by atoms with van der Waals surface area (Å²) in [6.07, 6.45) is 3.55. The number of anilines is 1. The maximum atomic E-state index is 13.4. The third-order valence-electron chi connectivity index (χ3n) is 5.32. The summed E-state index contributed by atoms with van der Waals surface area (Å²) in [6, 6.07) is 11.0. The van der Waals surface area contributed by atoms with Gasteiger partial charge in [0.15, 0.2) is 5.78 Å². The number of carbonyl (C=O) groups is 2. The van der Waals surface area contributed by atoms with Crippen molar-refractivity contribution < 1.29 is 14.3 Å². The number of ketones is 1. The molecule has 148 valence electrons. The molecule has 29 heavy (non-hydrogen) atoms. The minimum Gasteiger partial charge on any atom is -0.494 e. The maximum absolute atomic E-state index is 13.4. The van der Waals surface area contributed by atoms with Crippen molar-refractivity contribution >= 4 is 44.5 Å². The van der Waals surface area contributed by atoms with Gasteiger partial charge in [-0.3, -0.25) is 14.5 Å². The molecule has 4 rings (SSSR count). The summed E-state index contributed by atoms with van der Waals surface area (Å²) in [5.74, 6) is 0.346. The number of benzene rings is 2. The van der Waals surface area contributed by atoms with Gasteiger partial charge in [-0.05, 0) is 75.7 Å². The zero-order chi connectivity index (χ0) is 20.9. The summed E-state index contributed by atoms with van der Waals surface area (Å²) in [7, 11) is 0. The van der Waals surface area contributed by atoms with Gasteiger partial charge in [0.25, 0.3) is 5.91 Å². The lowest BCUT2D eigenvalue weighted by Gasteiger charge is -2.38. The first kappa shape index (κ1) is 19.6. The number of halogens is 1. The second-order valence-corrected chi connectivity index (χ2v) is 8.77. The molecule has 2 aromatic carbocycles. The first-order chi connectivity index (χ1) is 13.7. The van der Waals surface area contributed by atoms with Gasteiger partial charge in [0.2, 0.25) is 0 Å². The fourth-order valence-corrected chi connectivity index (χ4v) is 4.40. The molecule has 0 unspecified atom stereocenters. The van der Waals surface area contributed by atoms with Gasteiger partial charge in [-0.25, -0.2) is 0 Å². The highest BCUT2D eigenvalue weighted by Gasteiger charge is 2.44. The zero-order valence-corrected chi connectivity index (χ0v) is 18.5.